The summed E-state index contributed by atoms with van der Waals surface area (Å²) in [7, 11) is 0. The van der Waals surface area contributed by atoms with Crippen molar-refractivity contribution in [1.82, 2.24) is 9.80 Å². The summed E-state index contributed by atoms with van der Waals surface area (Å²) in [5.41, 5.74) is 6.03. The number of hydrogen-bond donors (Lipinski definition) is 1. The van der Waals surface area contributed by atoms with Crippen LogP contribution in [0.15, 0.2) is 17.1 Å². The van der Waals surface area contributed by atoms with E-state index >= 15 is 0 Å². The normalized spacial score (nSPS) is 38.4. The number of amides is 2. The van der Waals surface area contributed by atoms with Crippen molar-refractivity contribution in [3.8, 4) is 0 Å². The number of aliphatic imine (C=N–C) groups is 1. The van der Waals surface area contributed by atoms with Crippen molar-refractivity contribution in [2.24, 2.45) is 34.4 Å². The van der Waals surface area contributed by atoms with Crippen LogP contribution in [0.1, 0.15) is 13.3 Å². The molecule has 5 atom stereocenters. The summed E-state index contributed by atoms with van der Waals surface area (Å²) >= 11 is 0. The van der Waals surface area contributed by atoms with Crippen LogP contribution in [0.2, 0.25) is 0 Å². The molecule has 24 heavy (non-hydrogen) atoms. The van der Waals surface area contributed by atoms with E-state index in [1.165, 1.54) is 4.90 Å². The van der Waals surface area contributed by atoms with Crippen molar-refractivity contribution in [3.05, 3.63) is 12.2 Å². The number of likely N-dealkylation sites (tertiary alicyclic amines) is 1. The van der Waals surface area contributed by atoms with E-state index in [-0.39, 0.29) is 41.6 Å². The lowest BCUT2D eigenvalue weighted by Crippen LogP contribution is -2.48. The Hall–Kier alpha value is -1.89. The van der Waals surface area contributed by atoms with Gasteiger partial charge in [-0.05, 0) is 25.2 Å². The molecule has 3 fully saturated rings. The Kier molecular flexibility index (Phi) is 3.83. The molecule has 0 spiro atoms. The molecule has 2 amide bonds. The van der Waals surface area contributed by atoms with Crippen LogP contribution >= 0.6 is 0 Å². The van der Waals surface area contributed by atoms with E-state index in [9.17, 15) is 9.59 Å². The van der Waals surface area contributed by atoms with Gasteiger partial charge in [0, 0.05) is 19.6 Å². The number of allylic oxidation sites excluding steroid dienone is 2. The fourth-order valence-corrected chi connectivity index (χ4v) is 4.58. The van der Waals surface area contributed by atoms with Crippen LogP contribution in [-0.2, 0) is 14.3 Å². The topological polar surface area (TPSA) is 88.2 Å². The summed E-state index contributed by atoms with van der Waals surface area (Å²) in [4.78, 5) is 32.9. The van der Waals surface area contributed by atoms with E-state index < -0.39 is 0 Å². The molecule has 130 valence electrons. The van der Waals surface area contributed by atoms with E-state index in [0.717, 1.165) is 19.5 Å². The van der Waals surface area contributed by atoms with Gasteiger partial charge < -0.3 is 15.4 Å². The Bertz CT molecular complexity index is 587. The first-order chi connectivity index (χ1) is 11.6. The van der Waals surface area contributed by atoms with Gasteiger partial charge in [0.15, 0.2) is 5.96 Å². The molecule has 2 bridgehead atoms. The summed E-state index contributed by atoms with van der Waals surface area (Å²) in [6.45, 7) is 4.76. The molecule has 0 aromatic carbocycles. The average Bonchev–Trinajstić information content (AvgIpc) is 3.24. The first-order valence-electron chi connectivity index (χ1n) is 8.76. The molecule has 2 heterocycles. The molecule has 2 saturated heterocycles. The number of nitrogens with zero attached hydrogens (tertiary/aromatic N) is 3. The zero-order chi connectivity index (χ0) is 16.8. The fourth-order valence-electron chi connectivity index (χ4n) is 4.58. The molecule has 2 aliphatic carbocycles. The molecule has 5 unspecified atom stereocenters. The van der Waals surface area contributed by atoms with Gasteiger partial charge in [-0.1, -0.05) is 12.2 Å². The second kappa shape index (κ2) is 5.88. The minimum absolute atomic E-state index is 0.0179. The molecule has 7 heteroatoms. The third kappa shape index (κ3) is 2.42. The highest BCUT2D eigenvalue weighted by molar-refractivity contribution is 6.06. The van der Waals surface area contributed by atoms with E-state index in [1.807, 2.05) is 11.8 Å². The zero-order valence-electron chi connectivity index (χ0n) is 13.9. The van der Waals surface area contributed by atoms with Gasteiger partial charge in [0.1, 0.15) is 0 Å². The van der Waals surface area contributed by atoms with Crippen LogP contribution in [0, 0.1) is 23.7 Å². The van der Waals surface area contributed by atoms with Crippen molar-refractivity contribution in [3.63, 3.8) is 0 Å². The number of rotatable bonds is 3. The average molecular weight is 332 g/mol. The van der Waals surface area contributed by atoms with E-state index in [2.05, 4.69) is 17.1 Å². The van der Waals surface area contributed by atoms with Crippen molar-refractivity contribution in [1.29, 1.82) is 0 Å². The Labute approximate surface area is 141 Å². The molecule has 1 saturated carbocycles. The number of imide groups is 1. The van der Waals surface area contributed by atoms with Gasteiger partial charge >= 0.3 is 0 Å². The van der Waals surface area contributed by atoms with Crippen LogP contribution in [0.4, 0.5) is 0 Å². The molecule has 0 radical (unpaired) electrons. The first kappa shape index (κ1) is 15.6. The Morgan fingerprint density at radius 1 is 1.29 bits per heavy atom. The highest BCUT2D eigenvalue weighted by atomic mass is 16.5. The molecule has 0 aromatic rings. The maximum atomic E-state index is 12.6. The van der Waals surface area contributed by atoms with Crippen LogP contribution in [0.5, 0.6) is 0 Å². The summed E-state index contributed by atoms with van der Waals surface area (Å²) in [5.74, 6) is 0.676. The van der Waals surface area contributed by atoms with Crippen molar-refractivity contribution < 1.29 is 14.3 Å². The monoisotopic (exact) mass is 332 g/mol. The Morgan fingerprint density at radius 2 is 1.96 bits per heavy atom. The first-order valence-corrected chi connectivity index (χ1v) is 8.76. The second-order valence-corrected chi connectivity index (χ2v) is 7.20. The molecular weight excluding hydrogens is 308 g/mol. The summed E-state index contributed by atoms with van der Waals surface area (Å²) in [5, 5.41) is 0. The predicted molar refractivity (Wildman–Crippen MR) is 87.9 cm³/mol. The Balaban J connectivity index is 1.36. The van der Waals surface area contributed by atoms with Gasteiger partial charge in [0.05, 0.1) is 31.1 Å². The van der Waals surface area contributed by atoms with E-state index in [0.29, 0.717) is 25.7 Å². The number of carbonyl (C=O) groups is 2. The smallest absolute Gasteiger partial charge is 0.233 e. The maximum absolute atomic E-state index is 12.6. The lowest BCUT2D eigenvalue weighted by Gasteiger charge is -2.31. The van der Waals surface area contributed by atoms with Crippen molar-refractivity contribution in [2.75, 3.05) is 32.8 Å². The minimum Gasteiger partial charge on any atom is -0.375 e. The van der Waals surface area contributed by atoms with Crippen LogP contribution in [0.3, 0.4) is 0 Å². The lowest BCUT2D eigenvalue weighted by molar-refractivity contribution is -0.140. The van der Waals surface area contributed by atoms with E-state index in [1.54, 1.807) is 0 Å². The van der Waals surface area contributed by atoms with Crippen molar-refractivity contribution >= 4 is 17.8 Å². The molecule has 4 aliphatic rings. The van der Waals surface area contributed by atoms with Gasteiger partial charge in [0.2, 0.25) is 11.8 Å². The summed E-state index contributed by atoms with van der Waals surface area (Å²) in [6.07, 6.45) is 5.31. The third-order valence-corrected chi connectivity index (χ3v) is 5.72. The van der Waals surface area contributed by atoms with Gasteiger partial charge in [-0.25, -0.2) is 0 Å². The molecular formula is C17H24N4O3. The number of fused-ring (bicyclic) bond motifs is 5. The summed E-state index contributed by atoms with van der Waals surface area (Å²) < 4.78 is 5.48. The molecule has 7 nitrogen and oxygen atoms in total. The van der Waals surface area contributed by atoms with Crippen LogP contribution in [0.25, 0.3) is 0 Å². The standard InChI is InChI=1S/C17H24N4O3/c1-10-9-20(6-7-24-10)17(18)19-4-5-21-15(22)13-11-2-3-12(8-11)14(13)16(21)23/h2-3,10-14H,4-9H2,1H3,(H2,18,19). The largest absolute Gasteiger partial charge is 0.375 e. The quantitative estimate of drug-likeness (QED) is 0.335. The van der Waals surface area contributed by atoms with Crippen molar-refractivity contribution in [2.45, 2.75) is 19.4 Å². The second-order valence-electron chi connectivity index (χ2n) is 7.20. The molecule has 4 rings (SSSR count). The number of hydrogen-bond acceptors (Lipinski definition) is 4. The predicted octanol–water partition coefficient (Wildman–Crippen LogP) is -0.171. The number of nitrogens with two attached hydrogens (primary N) is 1. The molecule has 2 aliphatic heterocycles. The van der Waals surface area contributed by atoms with Crippen LogP contribution in [-0.4, -0.2) is 66.5 Å². The molecule has 0 aromatic heterocycles. The number of morpholine rings is 1. The fraction of sp³-hybridized carbons (Fsp3) is 0.706. The number of guanidine groups is 1. The zero-order valence-corrected chi connectivity index (χ0v) is 13.9. The van der Waals surface area contributed by atoms with Gasteiger partial charge in [-0.3, -0.25) is 19.5 Å². The van der Waals surface area contributed by atoms with Gasteiger partial charge in [-0.2, -0.15) is 0 Å². The van der Waals surface area contributed by atoms with Crippen LogP contribution < -0.4 is 5.73 Å². The number of ether oxygens (including phenoxy) is 1. The van der Waals surface area contributed by atoms with Gasteiger partial charge in [-0.15, -0.1) is 0 Å². The van der Waals surface area contributed by atoms with Gasteiger partial charge in [0.25, 0.3) is 0 Å². The highest BCUT2D eigenvalue weighted by Gasteiger charge is 2.58. The van der Waals surface area contributed by atoms with E-state index in [4.69, 9.17) is 10.5 Å². The molecule has 2 N–H and O–H groups in total. The minimum atomic E-state index is -0.131. The highest BCUT2D eigenvalue weighted by Crippen LogP contribution is 2.52. The Morgan fingerprint density at radius 3 is 2.58 bits per heavy atom. The summed E-state index contributed by atoms with van der Waals surface area (Å²) in [6, 6.07) is 0. The maximum Gasteiger partial charge on any atom is 0.233 e. The third-order valence-electron chi connectivity index (χ3n) is 5.72. The number of carbonyl (C=O) groups excluding carboxylic acids is 2. The lowest BCUT2D eigenvalue weighted by atomic mass is 9.85. The SMILES string of the molecule is CC1CN(C(N)=NCCN2C(=O)C3C4C=CC(C4)C3C2=O)CCO1.